The van der Waals surface area contributed by atoms with Crippen molar-refractivity contribution in [3.05, 3.63) is 47.3 Å². The zero-order chi connectivity index (χ0) is 29.0. The first-order valence-electron chi connectivity index (χ1n) is 15.8. The molecule has 5 aliphatic rings. The summed E-state index contributed by atoms with van der Waals surface area (Å²) in [5.74, 6) is 1.26. The minimum atomic E-state index is -3.35. The van der Waals surface area contributed by atoms with Crippen LogP contribution in [0.25, 0.3) is 0 Å². The van der Waals surface area contributed by atoms with Gasteiger partial charge in [0, 0.05) is 75.6 Å². The number of piperidine rings is 2. The minimum Gasteiger partial charge on any atom is -0.381 e. The second-order valence-electron chi connectivity index (χ2n) is 13.4. The standard InChI is InChI=1S/C31H46N6O4S/c1-19-28(36(2)35-34-19)23-15-24-27(32-16-23)26-30(25(42(3,38)39)17-33-31(26)41-18-20-9-10-20)37(24)29(21-7-5-4-6-8-21)22-11-13-40-14-12-22/h4-8,20,22-27,29-33H,9-18H2,1-3H3/t23?,24?,25?,26?,27?,29-,30?,31?/m1/s1. The van der Waals surface area contributed by atoms with Gasteiger partial charge in [0.25, 0.3) is 0 Å². The molecule has 7 rings (SSSR count). The van der Waals surface area contributed by atoms with E-state index < -0.39 is 15.1 Å². The number of nitrogens with zero attached hydrogens (tertiary/aromatic N) is 4. The summed E-state index contributed by atoms with van der Waals surface area (Å²) in [5.41, 5.74) is 3.40. The first-order chi connectivity index (χ1) is 20.3. The molecule has 0 radical (unpaired) electrons. The van der Waals surface area contributed by atoms with Gasteiger partial charge in [-0.1, -0.05) is 35.5 Å². The molecule has 8 atom stereocenters. The molecule has 7 unspecified atom stereocenters. The highest BCUT2D eigenvalue weighted by atomic mass is 32.2. The minimum absolute atomic E-state index is 0.0139. The molecule has 1 saturated carbocycles. The molecule has 2 N–H and O–H groups in total. The van der Waals surface area contributed by atoms with Gasteiger partial charge in [0.05, 0.1) is 23.2 Å². The number of fused-ring (bicyclic) bond motifs is 3. The van der Waals surface area contributed by atoms with E-state index in [-0.39, 0.29) is 42.2 Å². The van der Waals surface area contributed by atoms with Gasteiger partial charge in [0.1, 0.15) is 6.23 Å². The summed E-state index contributed by atoms with van der Waals surface area (Å²) in [5, 5.41) is 15.7. The lowest BCUT2D eigenvalue weighted by molar-refractivity contribution is -0.0565. The number of benzene rings is 1. The van der Waals surface area contributed by atoms with Crippen LogP contribution in [0.2, 0.25) is 0 Å². The molecule has 0 amide bonds. The summed E-state index contributed by atoms with van der Waals surface area (Å²) in [6.45, 7) is 5.50. The van der Waals surface area contributed by atoms with Crippen molar-refractivity contribution in [2.75, 3.05) is 39.2 Å². The predicted molar refractivity (Wildman–Crippen MR) is 160 cm³/mol. The third-order valence-electron chi connectivity index (χ3n) is 10.7. The fraction of sp³-hybridized carbons (Fsp3) is 0.742. The van der Waals surface area contributed by atoms with Crippen LogP contribution in [0.1, 0.15) is 61.0 Å². The van der Waals surface area contributed by atoms with Crippen LogP contribution in [0.4, 0.5) is 0 Å². The van der Waals surface area contributed by atoms with E-state index in [9.17, 15) is 8.42 Å². The predicted octanol–water partition coefficient (Wildman–Crippen LogP) is 2.18. The molecule has 1 aromatic carbocycles. The topological polar surface area (TPSA) is 111 Å². The van der Waals surface area contributed by atoms with Crippen LogP contribution in [0, 0.1) is 24.7 Å². The van der Waals surface area contributed by atoms with E-state index in [1.54, 1.807) is 0 Å². The van der Waals surface area contributed by atoms with Crippen molar-refractivity contribution < 1.29 is 17.9 Å². The molecule has 5 heterocycles. The van der Waals surface area contributed by atoms with Crippen LogP contribution in [0.5, 0.6) is 0 Å². The monoisotopic (exact) mass is 598 g/mol. The van der Waals surface area contributed by atoms with Gasteiger partial charge in [-0.2, -0.15) is 0 Å². The molecule has 0 bridgehead atoms. The lowest BCUT2D eigenvalue weighted by Gasteiger charge is -2.48. The molecular weight excluding hydrogens is 552 g/mol. The maximum Gasteiger partial charge on any atom is 0.153 e. The van der Waals surface area contributed by atoms with Crippen LogP contribution in [-0.2, 0) is 26.4 Å². The molecule has 0 spiro atoms. The van der Waals surface area contributed by atoms with E-state index in [4.69, 9.17) is 9.47 Å². The third kappa shape index (κ3) is 5.34. The fourth-order valence-electron chi connectivity index (χ4n) is 8.66. The van der Waals surface area contributed by atoms with E-state index in [1.807, 2.05) is 18.7 Å². The van der Waals surface area contributed by atoms with Gasteiger partial charge in [-0.25, -0.2) is 8.42 Å². The maximum atomic E-state index is 13.6. The lowest BCUT2D eigenvalue weighted by Crippen LogP contribution is -2.64. The van der Waals surface area contributed by atoms with Crippen molar-refractivity contribution in [3.8, 4) is 0 Å². The number of hydrogen-bond acceptors (Lipinski definition) is 9. The Kier molecular flexibility index (Phi) is 7.94. The number of likely N-dealkylation sites (tertiary alicyclic amines) is 1. The quantitative estimate of drug-likeness (QED) is 0.473. The highest BCUT2D eigenvalue weighted by molar-refractivity contribution is 7.91. The summed E-state index contributed by atoms with van der Waals surface area (Å²) in [4.78, 5) is 2.67. The van der Waals surface area contributed by atoms with Gasteiger partial charge in [0.15, 0.2) is 9.84 Å². The van der Waals surface area contributed by atoms with Gasteiger partial charge >= 0.3 is 0 Å². The maximum absolute atomic E-state index is 13.6. The largest absolute Gasteiger partial charge is 0.381 e. The Hall–Kier alpha value is -1.89. The van der Waals surface area contributed by atoms with E-state index >= 15 is 0 Å². The summed E-state index contributed by atoms with van der Waals surface area (Å²) in [6.07, 6.45) is 6.55. The summed E-state index contributed by atoms with van der Waals surface area (Å²) in [6, 6.07) is 11.0. The van der Waals surface area contributed by atoms with Crippen molar-refractivity contribution in [2.24, 2.45) is 24.8 Å². The molecule has 2 aromatic rings. The fourth-order valence-corrected chi connectivity index (χ4v) is 9.89. The molecule has 1 aromatic heterocycles. The average Bonchev–Trinajstić information content (AvgIpc) is 3.69. The number of hydrogen-bond donors (Lipinski definition) is 2. The van der Waals surface area contributed by atoms with Gasteiger partial charge in [0.2, 0.25) is 0 Å². The Labute approximate surface area is 249 Å². The molecular formula is C31H46N6O4S. The normalized spacial score (nSPS) is 35.1. The van der Waals surface area contributed by atoms with Crippen LogP contribution >= 0.6 is 0 Å². The number of ether oxygens (including phenoxy) is 2. The number of sulfone groups is 1. The molecule has 230 valence electrons. The number of aromatic nitrogens is 3. The molecule has 42 heavy (non-hydrogen) atoms. The Morgan fingerprint density at radius 1 is 1.10 bits per heavy atom. The molecule has 4 saturated heterocycles. The number of nitrogens with one attached hydrogen (secondary N) is 2. The smallest absolute Gasteiger partial charge is 0.153 e. The first-order valence-corrected chi connectivity index (χ1v) is 17.8. The van der Waals surface area contributed by atoms with E-state index in [0.29, 0.717) is 18.4 Å². The van der Waals surface area contributed by atoms with Crippen LogP contribution < -0.4 is 10.6 Å². The second kappa shape index (κ2) is 11.6. The molecule has 4 aliphatic heterocycles. The highest BCUT2D eigenvalue weighted by Gasteiger charge is 2.62. The van der Waals surface area contributed by atoms with E-state index in [2.05, 4.69) is 56.2 Å². The van der Waals surface area contributed by atoms with Crippen molar-refractivity contribution in [2.45, 2.75) is 80.6 Å². The number of rotatable bonds is 8. The summed E-state index contributed by atoms with van der Waals surface area (Å²) >= 11 is 0. The first kappa shape index (κ1) is 28.9. The Balaban J connectivity index is 1.34. The van der Waals surface area contributed by atoms with Crippen LogP contribution in [-0.4, -0.2) is 97.1 Å². The van der Waals surface area contributed by atoms with Crippen LogP contribution in [0.3, 0.4) is 0 Å². The van der Waals surface area contributed by atoms with Gasteiger partial charge in [-0.05, 0) is 56.4 Å². The Bertz CT molecular complexity index is 1320. The van der Waals surface area contributed by atoms with Crippen molar-refractivity contribution in [3.63, 3.8) is 0 Å². The molecule has 11 heteroatoms. The Morgan fingerprint density at radius 2 is 1.86 bits per heavy atom. The molecule has 10 nitrogen and oxygen atoms in total. The third-order valence-corrected chi connectivity index (χ3v) is 12.2. The SMILES string of the molecule is Cc1nnn(C)c1C1CNC2C3C(OCC4CC4)NCC(S(C)(=O)=O)C3N([C@H](c3ccccc3)C3CCOCC3)C2C1. The summed E-state index contributed by atoms with van der Waals surface area (Å²) < 4.78 is 41.5. The second-order valence-corrected chi connectivity index (χ2v) is 15.7. The zero-order valence-electron chi connectivity index (χ0n) is 25.1. The van der Waals surface area contributed by atoms with Crippen molar-refractivity contribution >= 4 is 9.84 Å². The summed E-state index contributed by atoms with van der Waals surface area (Å²) in [7, 11) is -1.37. The molecule has 5 fully saturated rings. The van der Waals surface area contributed by atoms with Crippen molar-refractivity contribution in [1.29, 1.82) is 0 Å². The average molecular weight is 599 g/mol. The lowest BCUT2D eigenvalue weighted by atomic mass is 9.81. The van der Waals surface area contributed by atoms with Gasteiger partial charge in [-0.3, -0.25) is 14.9 Å². The van der Waals surface area contributed by atoms with Gasteiger partial charge in [-0.15, -0.1) is 5.10 Å². The Morgan fingerprint density at radius 3 is 2.52 bits per heavy atom. The van der Waals surface area contributed by atoms with E-state index in [1.165, 1.54) is 24.7 Å². The zero-order valence-corrected chi connectivity index (χ0v) is 25.9. The number of aryl methyl sites for hydroxylation is 2. The van der Waals surface area contributed by atoms with Crippen molar-refractivity contribution in [1.82, 2.24) is 30.5 Å². The highest BCUT2D eigenvalue weighted by Crippen LogP contribution is 2.51. The molecule has 1 aliphatic carbocycles. The van der Waals surface area contributed by atoms with E-state index in [0.717, 1.165) is 57.0 Å². The van der Waals surface area contributed by atoms with Crippen LogP contribution in [0.15, 0.2) is 30.3 Å². The van der Waals surface area contributed by atoms with Gasteiger partial charge < -0.3 is 14.8 Å².